The van der Waals surface area contributed by atoms with Gasteiger partial charge in [0.25, 0.3) is 0 Å². The molecule has 0 amide bonds. The maximum Gasteiger partial charge on any atom is 0.143 e. The molecule has 6 aromatic carbocycles. The van der Waals surface area contributed by atoms with Gasteiger partial charge >= 0.3 is 0 Å². The van der Waals surface area contributed by atoms with E-state index in [4.69, 9.17) is 4.42 Å². The molecule has 2 nitrogen and oxygen atoms in total. The third kappa shape index (κ3) is 3.25. The van der Waals surface area contributed by atoms with Gasteiger partial charge in [0.2, 0.25) is 0 Å². The standard InChI is InChI=1S/C37H23BrO2/c38-23-20-21-28-25-11-2-1-10-24(25)26-12-3-6-17-32(26)37(39,34(28)22-23)33-18-7-4-13-27(33)30-15-9-16-31-29-14-5-8-19-35(29)40-36(30)31/h1-22,39H. The van der Waals surface area contributed by atoms with Crippen molar-refractivity contribution >= 4 is 37.9 Å². The van der Waals surface area contributed by atoms with Crippen LogP contribution in [0.25, 0.3) is 55.3 Å². The highest BCUT2D eigenvalue weighted by Gasteiger charge is 2.42. The van der Waals surface area contributed by atoms with E-state index in [2.05, 4.69) is 94.8 Å². The van der Waals surface area contributed by atoms with E-state index in [-0.39, 0.29) is 0 Å². The normalized spacial score (nSPS) is 15.8. The van der Waals surface area contributed by atoms with Gasteiger partial charge in [-0.05, 0) is 46.0 Å². The van der Waals surface area contributed by atoms with E-state index in [9.17, 15) is 5.11 Å². The summed E-state index contributed by atoms with van der Waals surface area (Å²) in [6.45, 7) is 0. The van der Waals surface area contributed by atoms with Crippen LogP contribution in [0.1, 0.15) is 16.7 Å². The molecule has 1 N–H and O–H groups in total. The van der Waals surface area contributed by atoms with Crippen molar-refractivity contribution in [3.05, 3.63) is 155 Å². The summed E-state index contributed by atoms with van der Waals surface area (Å²) in [7, 11) is 0. The summed E-state index contributed by atoms with van der Waals surface area (Å²) in [6, 6.07) is 45.4. The summed E-state index contributed by atoms with van der Waals surface area (Å²) in [5.74, 6) is 0. The minimum atomic E-state index is -1.44. The Balaban J connectivity index is 1.50. The Bertz CT molecular complexity index is 2100. The number of hydrogen-bond donors (Lipinski definition) is 1. The van der Waals surface area contributed by atoms with Crippen molar-refractivity contribution in [2.45, 2.75) is 5.60 Å². The van der Waals surface area contributed by atoms with Crippen LogP contribution < -0.4 is 0 Å². The van der Waals surface area contributed by atoms with Crippen molar-refractivity contribution in [3.63, 3.8) is 0 Å². The van der Waals surface area contributed by atoms with Gasteiger partial charge in [-0.15, -0.1) is 0 Å². The number of aliphatic hydroxyl groups is 1. The molecule has 1 aliphatic rings. The maximum atomic E-state index is 13.3. The summed E-state index contributed by atoms with van der Waals surface area (Å²) in [4.78, 5) is 0. The van der Waals surface area contributed by atoms with Crippen LogP contribution in [-0.2, 0) is 5.60 Å². The Kier molecular flexibility index (Phi) is 5.15. The van der Waals surface area contributed by atoms with Gasteiger partial charge in [0.05, 0.1) is 0 Å². The van der Waals surface area contributed by atoms with Crippen molar-refractivity contribution in [2.24, 2.45) is 0 Å². The molecule has 0 saturated carbocycles. The van der Waals surface area contributed by atoms with Gasteiger partial charge < -0.3 is 9.52 Å². The number of para-hydroxylation sites is 2. The topological polar surface area (TPSA) is 33.4 Å². The van der Waals surface area contributed by atoms with Crippen molar-refractivity contribution in [3.8, 4) is 33.4 Å². The summed E-state index contributed by atoms with van der Waals surface area (Å²) in [5, 5.41) is 15.5. The van der Waals surface area contributed by atoms with Gasteiger partial charge in [0.15, 0.2) is 0 Å². The summed E-state index contributed by atoms with van der Waals surface area (Å²) < 4.78 is 7.37. The molecule has 8 rings (SSSR count). The molecule has 0 spiro atoms. The van der Waals surface area contributed by atoms with E-state index in [1.165, 1.54) is 0 Å². The van der Waals surface area contributed by atoms with Crippen molar-refractivity contribution in [1.29, 1.82) is 0 Å². The largest absolute Gasteiger partial charge is 0.455 e. The number of hydrogen-bond acceptors (Lipinski definition) is 2. The molecule has 1 aromatic heterocycles. The molecule has 1 atom stereocenters. The third-order valence-corrected chi connectivity index (χ3v) is 8.70. The first-order valence-corrected chi connectivity index (χ1v) is 14.2. The van der Waals surface area contributed by atoms with Crippen LogP contribution in [0, 0.1) is 0 Å². The fraction of sp³-hybridized carbons (Fsp3) is 0.0270. The zero-order chi connectivity index (χ0) is 26.8. The van der Waals surface area contributed by atoms with Gasteiger partial charge in [-0.2, -0.15) is 0 Å². The van der Waals surface area contributed by atoms with Crippen LogP contribution in [0.3, 0.4) is 0 Å². The van der Waals surface area contributed by atoms with E-state index in [1.54, 1.807) is 0 Å². The van der Waals surface area contributed by atoms with Gasteiger partial charge in [0.1, 0.15) is 16.8 Å². The van der Waals surface area contributed by atoms with Crippen molar-refractivity contribution < 1.29 is 9.52 Å². The molecule has 3 heteroatoms. The number of fused-ring (bicyclic) bond motifs is 8. The van der Waals surface area contributed by atoms with Crippen molar-refractivity contribution in [1.82, 2.24) is 0 Å². The number of halogens is 1. The Morgan fingerprint density at radius 2 is 1.00 bits per heavy atom. The first kappa shape index (κ1) is 23.4. The van der Waals surface area contributed by atoms with Crippen LogP contribution in [0.2, 0.25) is 0 Å². The highest BCUT2D eigenvalue weighted by molar-refractivity contribution is 9.10. The molecule has 0 saturated heterocycles. The quantitative estimate of drug-likeness (QED) is 0.221. The minimum Gasteiger partial charge on any atom is -0.455 e. The SMILES string of the molecule is OC1(c2ccccc2-c2cccc3c2oc2ccccc23)c2ccccc2-c2ccccc2-c2ccc(Br)cc21. The second-order valence-corrected chi connectivity index (χ2v) is 11.2. The second-order valence-electron chi connectivity index (χ2n) is 10.3. The zero-order valence-electron chi connectivity index (χ0n) is 21.4. The van der Waals surface area contributed by atoms with Crippen molar-refractivity contribution in [2.75, 3.05) is 0 Å². The molecule has 0 fully saturated rings. The lowest BCUT2D eigenvalue weighted by molar-refractivity contribution is 0.128. The molecule has 7 aromatic rings. The highest BCUT2D eigenvalue weighted by Crippen LogP contribution is 2.53. The van der Waals surface area contributed by atoms with E-state index in [1.807, 2.05) is 54.6 Å². The molecule has 190 valence electrons. The molecule has 40 heavy (non-hydrogen) atoms. The first-order chi connectivity index (χ1) is 19.6. The average Bonchev–Trinajstić information content (AvgIpc) is 3.36. The monoisotopic (exact) mass is 578 g/mol. The summed E-state index contributed by atoms with van der Waals surface area (Å²) >= 11 is 3.71. The van der Waals surface area contributed by atoms with E-state index >= 15 is 0 Å². The Hall–Kier alpha value is -4.44. The molecule has 0 radical (unpaired) electrons. The van der Waals surface area contributed by atoms with Crippen LogP contribution in [0.15, 0.2) is 142 Å². The molecule has 0 bridgehead atoms. The Labute approximate surface area is 240 Å². The molecule has 1 aliphatic carbocycles. The number of benzene rings is 6. The smallest absolute Gasteiger partial charge is 0.143 e. The molecular weight excluding hydrogens is 556 g/mol. The lowest BCUT2D eigenvalue weighted by Crippen LogP contribution is -2.30. The summed E-state index contributed by atoms with van der Waals surface area (Å²) in [5.41, 5.74) is 8.84. The lowest BCUT2D eigenvalue weighted by Gasteiger charge is -2.33. The Morgan fingerprint density at radius 1 is 0.475 bits per heavy atom. The molecule has 1 heterocycles. The van der Waals surface area contributed by atoms with Crippen LogP contribution in [0.4, 0.5) is 0 Å². The third-order valence-electron chi connectivity index (χ3n) is 8.21. The predicted molar refractivity (Wildman–Crippen MR) is 166 cm³/mol. The molecular formula is C37H23BrO2. The zero-order valence-corrected chi connectivity index (χ0v) is 23.0. The maximum absolute atomic E-state index is 13.3. The molecule has 1 unspecified atom stereocenters. The van der Waals surface area contributed by atoms with E-state index in [0.29, 0.717) is 0 Å². The minimum absolute atomic E-state index is 0.808. The van der Waals surface area contributed by atoms with Crippen LogP contribution >= 0.6 is 15.9 Å². The number of furan rings is 1. The van der Waals surface area contributed by atoms with Gasteiger partial charge in [-0.1, -0.05) is 131 Å². The summed E-state index contributed by atoms with van der Waals surface area (Å²) in [6.07, 6.45) is 0. The van der Waals surface area contributed by atoms with E-state index in [0.717, 1.165) is 76.5 Å². The lowest BCUT2D eigenvalue weighted by atomic mass is 9.75. The van der Waals surface area contributed by atoms with E-state index < -0.39 is 5.60 Å². The second kappa shape index (κ2) is 8.79. The number of rotatable bonds is 2. The fourth-order valence-corrected chi connectivity index (χ4v) is 6.83. The predicted octanol–water partition coefficient (Wildman–Crippen LogP) is 9.95. The van der Waals surface area contributed by atoms with Gasteiger partial charge in [0, 0.05) is 37.5 Å². The van der Waals surface area contributed by atoms with Gasteiger partial charge in [-0.25, -0.2) is 0 Å². The van der Waals surface area contributed by atoms with Crippen LogP contribution in [-0.4, -0.2) is 5.11 Å². The Morgan fingerprint density at radius 3 is 1.73 bits per heavy atom. The van der Waals surface area contributed by atoms with Crippen LogP contribution in [0.5, 0.6) is 0 Å². The molecule has 0 aliphatic heterocycles. The van der Waals surface area contributed by atoms with Gasteiger partial charge in [-0.3, -0.25) is 0 Å². The highest BCUT2D eigenvalue weighted by atomic mass is 79.9. The fourth-order valence-electron chi connectivity index (χ4n) is 6.47. The first-order valence-electron chi connectivity index (χ1n) is 13.4. The average molecular weight is 579 g/mol.